The zero-order valence-corrected chi connectivity index (χ0v) is 11.0. The van der Waals surface area contributed by atoms with Gasteiger partial charge >= 0.3 is 5.97 Å². The van der Waals surface area contributed by atoms with Crippen molar-refractivity contribution in [2.45, 2.75) is 6.42 Å². The van der Waals surface area contributed by atoms with E-state index in [9.17, 15) is 9.59 Å². The highest BCUT2D eigenvalue weighted by atomic mass is 16.5. The second-order valence-electron chi connectivity index (χ2n) is 3.95. The summed E-state index contributed by atoms with van der Waals surface area (Å²) in [5.41, 5.74) is 5.22. The Morgan fingerprint density at radius 1 is 1.42 bits per heavy atom. The number of amides is 1. The summed E-state index contributed by atoms with van der Waals surface area (Å²) in [5.74, 6) is 0.0601. The molecule has 0 atom stereocenters. The predicted octanol–water partition coefficient (Wildman–Crippen LogP) is 0.0196. The fourth-order valence-corrected chi connectivity index (χ4v) is 1.32. The molecule has 104 valence electrons. The molecular formula is C12H18N4O3. The van der Waals surface area contributed by atoms with Crippen LogP contribution in [-0.2, 0) is 14.3 Å². The van der Waals surface area contributed by atoms with Crippen molar-refractivity contribution < 1.29 is 14.3 Å². The van der Waals surface area contributed by atoms with E-state index in [2.05, 4.69) is 20.6 Å². The molecule has 7 nitrogen and oxygen atoms in total. The minimum Gasteiger partial charge on any atom is -0.469 e. The Labute approximate surface area is 111 Å². The van der Waals surface area contributed by atoms with Gasteiger partial charge in [0, 0.05) is 12.7 Å². The van der Waals surface area contributed by atoms with Crippen molar-refractivity contribution in [1.82, 2.24) is 15.3 Å². The maximum absolute atomic E-state index is 11.6. The van der Waals surface area contributed by atoms with Crippen LogP contribution in [0.2, 0.25) is 0 Å². The van der Waals surface area contributed by atoms with E-state index in [-0.39, 0.29) is 24.8 Å². The van der Waals surface area contributed by atoms with Crippen LogP contribution >= 0.6 is 0 Å². The summed E-state index contributed by atoms with van der Waals surface area (Å²) in [6, 6.07) is 5.33. The first-order valence-corrected chi connectivity index (χ1v) is 5.83. The number of carbonyl (C=O) groups is 2. The first kappa shape index (κ1) is 14.9. The highest BCUT2D eigenvalue weighted by molar-refractivity contribution is 5.79. The lowest BCUT2D eigenvalue weighted by Crippen LogP contribution is -2.39. The number of aromatic nitrogens is 1. The third-order valence-corrected chi connectivity index (χ3v) is 2.33. The van der Waals surface area contributed by atoms with Crippen LogP contribution in [-0.4, -0.2) is 49.0 Å². The molecular weight excluding hydrogens is 248 g/mol. The minimum atomic E-state index is -0.293. The molecule has 0 spiro atoms. The summed E-state index contributed by atoms with van der Waals surface area (Å²) in [6.45, 7) is 0.639. The molecule has 1 amide bonds. The van der Waals surface area contributed by atoms with Crippen LogP contribution in [0.25, 0.3) is 0 Å². The molecule has 0 aliphatic heterocycles. The highest BCUT2D eigenvalue weighted by Gasteiger charge is 2.08. The number of anilines is 1. The van der Waals surface area contributed by atoms with E-state index in [4.69, 9.17) is 0 Å². The molecule has 1 rings (SSSR count). The van der Waals surface area contributed by atoms with Crippen molar-refractivity contribution in [3.05, 3.63) is 24.4 Å². The maximum atomic E-state index is 11.6. The molecule has 0 aromatic carbocycles. The van der Waals surface area contributed by atoms with Gasteiger partial charge in [-0.05, 0) is 19.2 Å². The summed E-state index contributed by atoms with van der Waals surface area (Å²) < 4.78 is 4.52. The van der Waals surface area contributed by atoms with Crippen LogP contribution in [0.3, 0.4) is 0 Å². The molecule has 0 saturated carbocycles. The van der Waals surface area contributed by atoms with Gasteiger partial charge in [0.1, 0.15) is 5.82 Å². The van der Waals surface area contributed by atoms with Gasteiger partial charge in [-0.3, -0.25) is 25.3 Å². The van der Waals surface area contributed by atoms with Crippen LogP contribution < -0.4 is 10.9 Å². The van der Waals surface area contributed by atoms with E-state index in [0.29, 0.717) is 12.4 Å². The lowest BCUT2D eigenvalue weighted by Gasteiger charge is -2.15. The Bertz CT molecular complexity index is 411. The van der Waals surface area contributed by atoms with Gasteiger partial charge in [0.05, 0.1) is 20.1 Å². The molecule has 0 fully saturated rings. The number of nitrogens with zero attached hydrogens (tertiary/aromatic N) is 2. The number of carbonyl (C=O) groups excluding carboxylic acids is 2. The largest absolute Gasteiger partial charge is 0.469 e. The highest BCUT2D eigenvalue weighted by Crippen LogP contribution is 1.97. The Morgan fingerprint density at radius 2 is 2.21 bits per heavy atom. The fourth-order valence-electron chi connectivity index (χ4n) is 1.32. The summed E-state index contributed by atoms with van der Waals surface area (Å²) in [7, 11) is 3.09. The topological polar surface area (TPSA) is 83.6 Å². The zero-order valence-electron chi connectivity index (χ0n) is 11.0. The number of esters is 1. The molecule has 19 heavy (non-hydrogen) atoms. The first-order chi connectivity index (χ1) is 9.11. The number of likely N-dealkylation sites (N-methyl/N-ethyl adjacent to an activating group) is 1. The van der Waals surface area contributed by atoms with Gasteiger partial charge in [-0.1, -0.05) is 6.07 Å². The van der Waals surface area contributed by atoms with Crippen molar-refractivity contribution in [3.8, 4) is 0 Å². The van der Waals surface area contributed by atoms with Crippen LogP contribution in [0.5, 0.6) is 0 Å². The van der Waals surface area contributed by atoms with E-state index < -0.39 is 0 Å². The normalized spacial score (nSPS) is 10.1. The lowest BCUT2D eigenvalue weighted by atomic mass is 10.4. The second kappa shape index (κ2) is 8.04. The predicted molar refractivity (Wildman–Crippen MR) is 70.1 cm³/mol. The Balaban J connectivity index is 2.21. The van der Waals surface area contributed by atoms with Crippen molar-refractivity contribution in [2.24, 2.45) is 0 Å². The van der Waals surface area contributed by atoms with Crippen LogP contribution in [0.15, 0.2) is 24.4 Å². The van der Waals surface area contributed by atoms with Gasteiger partial charge < -0.3 is 4.74 Å². The van der Waals surface area contributed by atoms with Gasteiger partial charge in [0.15, 0.2) is 0 Å². The van der Waals surface area contributed by atoms with Gasteiger partial charge in [-0.15, -0.1) is 0 Å². The van der Waals surface area contributed by atoms with E-state index in [1.807, 2.05) is 6.07 Å². The first-order valence-electron chi connectivity index (χ1n) is 5.83. The Morgan fingerprint density at radius 3 is 2.84 bits per heavy atom. The third kappa shape index (κ3) is 6.37. The monoisotopic (exact) mass is 266 g/mol. The summed E-state index contributed by atoms with van der Waals surface area (Å²) >= 11 is 0. The minimum absolute atomic E-state index is 0.177. The second-order valence-corrected chi connectivity index (χ2v) is 3.95. The Kier molecular flexibility index (Phi) is 6.31. The van der Waals surface area contributed by atoms with E-state index >= 15 is 0 Å². The summed E-state index contributed by atoms with van der Waals surface area (Å²) in [4.78, 5) is 28.3. The van der Waals surface area contributed by atoms with Gasteiger partial charge in [-0.2, -0.15) is 0 Å². The number of rotatable bonds is 7. The van der Waals surface area contributed by atoms with Gasteiger partial charge in [-0.25, -0.2) is 4.98 Å². The number of pyridine rings is 1. The molecule has 1 aromatic heterocycles. The average Bonchev–Trinajstić information content (AvgIpc) is 2.43. The zero-order chi connectivity index (χ0) is 14.1. The molecule has 1 heterocycles. The molecule has 0 aliphatic rings. The quantitative estimate of drug-likeness (QED) is 0.535. The van der Waals surface area contributed by atoms with Gasteiger partial charge in [0.2, 0.25) is 0 Å². The standard InChI is InChI=1S/C12H18N4O3/c1-16(8-6-12(18)19-2)9-11(17)15-14-10-5-3-4-7-13-10/h3-5,7H,6,8-9H2,1-2H3,(H,13,14)(H,15,17). The number of hydrazine groups is 1. The Hall–Kier alpha value is -2.15. The number of ether oxygens (including phenoxy) is 1. The molecule has 2 N–H and O–H groups in total. The molecule has 7 heteroatoms. The van der Waals surface area contributed by atoms with Gasteiger partial charge in [0.25, 0.3) is 5.91 Å². The molecule has 0 unspecified atom stereocenters. The van der Waals surface area contributed by atoms with E-state index in [1.54, 1.807) is 30.3 Å². The van der Waals surface area contributed by atoms with Crippen molar-refractivity contribution in [1.29, 1.82) is 0 Å². The molecule has 1 aromatic rings. The fraction of sp³-hybridized carbons (Fsp3) is 0.417. The molecule has 0 saturated heterocycles. The third-order valence-electron chi connectivity index (χ3n) is 2.33. The smallest absolute Gasteiger partial charge is 0.306 e. The van der Waals surface area contributed by atoms with Crippen LogP contribution in [0, 0.1) is 0 Å². The number of hydrogen-bond acceptors (Lipinski definition) is 6. The summed E-state index contributed by atoms with van der Waals surface area (Å²) in [6.07, 6.45) is 1.88. The molecule has 0 aliphatic carbocycles. The lowest BCUT2D eigenvalue weighted by molar-refractivity contribution is -0.141. The van der Waals surface area contributed by atoms with Crippen molar-refractivity contribution >= 4 is 17.7 Å². The van der Waals surface area contributed by atoms with Crippen LogP contribution in [0.4, 0.5) is 5.82 Å². The number of nitrogens with one attached hydrogen (secondary N) is 2. The SMILES string of the molecule is COC(=O)CCN(C)CC(=O)NNc1ccccn1. The maximum Gasteiger partial charge on any atom is 0.306 e. The van der Waals surface area contributed by atoms with Crippen molar-refractivity contribution in [2.75, 3.05) is 32.7 Å². The average molecular weight is 266 g/mol. The van der Waals surface area contributed by atoms with E-state index in [1.165, 1.54) is 7.11 Å². The molecule has 0 bridgehead atoms. The number of hydrogen-bond donors (Lipinski definition) is 2. The van der Waals surface area contributed by atoms with Crippen LogP contribution in [0.1, 0.15) is 6.42 Å². The number of methoxy groups -OCH3 is 1. The van der Waals surface area contributed by atoms with Crippen molar-refractivity contribution in [3.63, 3.8) is 0 Å². The molecule has 0 radical (unpaired) electrons. The van der Waals surface area contributed by atoms with E-state index in [0.717, 1.165) is 0 Å². The summed E-state index contributed by atoms with van der Waals surface area (Å²) in [5, 5.41) is 0.